The van der Waals surface area contributed by atoms with Gasteiger partial charge in [-0.15, -0.1) is 0 Å². The third-order valence-corrected chi connectivity index (χ3v) is 10.8. The number of anilines is 2. The summed E-state index contributed by atoms with van der Waals surface area (Å²) < 4.78 is 13.1. The Labute approximate surface area is 273 Å². The molecule has 0 aromatic heterocycles. The van der Waals surface area contributed by atoms with Gasteiger partial charge in [-0.05, 0) is 98.5 Å². The lowest BCUT2D eigenvalue weighted by Gasteiger charge is -2.52. The van der Waals surface area contributed by atoms with Crippen molar-refractivity contribution in [2.45, 2.75) is 78.6 Å². The van der Waals surface area contributed by atoms with Crippen LogP contribution < -0.4 is 25.2 Å². The van der Waals surface area contributed by atoms with Gasteiger partial charge in [-0.3, -0.25) is 0 Å². The molecular formula is C42H40BNO2. The first kappa shape index (κ1) is 27.8. The summed E-state index contributed by atoms with van der Waals surface area (Å²) in [5, 5.41) is 0. The molecule has 0 N–H and O–H groups in total. The summed E-state index contributed by atoms with van der Waals surface area (Å²) >= 11 is 0. The molecule has 0 saturated carbocycles. The number of fused-ring (bicyclic) bond motifs is 8. The van der Waals surface area contributed by atoms with Crippen molar-refractivity contribution in [3.8, 4) is 45.3 Å². The first-order valence-corrected chi connectivity index (χ1v) is 16.6. The average molecular weight is 602 g/mol. The van der Waals surface area contributed by atoms with E-state index in [0.717, 1.165) is 23.0 Å². The van der Waals surface area contributed by atoms with Crippen molar-refractivity contribution in [2.75, 3.05) is 4.81 Å². The second kappa shape index (κ2) is 8.67. The molecule has 228 valence electrons. The Balaban J connectivity index is 1.43. The van der Waals surface area contributed by atoms with Crippen molar-refractivity contribution in [2.24, 2.45) is 0 Å². The van der Waals surface area contributed by atoms with Gasteiger partial charge in [-0.1, -0.05) is 103 Å². The van der Waals surface area contributed by atoms with Crippen molar-refractivity contribution < 1.29 is 9.47 Å². The first-order valence-electron chi connectivity index (χ1n) is 16.6. The van der Waals surface area contributed by atoms with Crippen LogP contribution in [0.2, 0.25) is 0 Å². The van der Waals surface area contributed by atoms with Crippen molar-refractivity contribution in [1.82, 2.24) is 0 Å². The van der Waals surface area contributed by atoms with E-state index < -0.39 is 0 Å². The Bertz CT molecular complexity index is 2180. The second-order valence-electron chi connectivity index (χ2n) is 16.4. The lowest BCUT2D eigenvalue weighted by molar-refractivity contribution is 0.360. The largest absolute Gasteiger partial charge is 0.450 e. The normalized spacial score (nSPS) is 15.9. The number of hydrogen-bond donors (Lipinski definition) is 0. The van der Waals surface area contributed by atoms with E-state index in [0.29, 0.717) is 0 Å². The average Bonchev–Trinajstić information content (AvgIpc) is 3.00. The molecule has 3 nitrogen and oxygen atoms in total. The highest BCUT2D eigenvalue weighted by molar-refractivity contribution is 6.92. The summed E-state index contributed by atoms with van der Waals surface area (Å²) in [6, 6.07) is 29.5. The van der Waals surface area contributed by atoms with Crippen LogP contribution in [0.25, 0.3) is 22.3 Å². The van der Waals surface area contributed by atoms with Gasteiger partial charge < -0.3 is 14.3 Å². The minimum atomic E-state index is -0.205. The summed E-state index contributed by atoms with van der Waals surface area (Å²) in [6.07, 6.45) is 0. The van der Waals surface area contributed by atoms with Crippen LogP contribution in [-0.4, -0.2) is 6.85 Å². The standard InChI is InChI=1S/C42H40BNO2/c1-23-14-15-32-26(16-23)28-17-24(40(2,3)4)19-30-38(28)44-39-29(18-25(41(5,6)7)20-31(39)42(30,8)9)27-21-36-37(22-33(27)43(32)44)46-35-13-11-10-12-34(35)45-36/h10-22H,1-9H3. The van der Waals surface area contributed by atoms with E-state index in [-0.39, 0.29) is 23.1 Å². The maximum absolute atomic E-state index is 6.54. The molecule has 46 heavy (non-hydrogen) atoms. The molecule has 0 saturated heterocycles. The predicted molar refractivity (Wildman–Crippen MR) is 192 cm³/mol. The molecule has 0 atom stereocenters. The monoisotopic (exact) mass is 601 g/mol. The van der Waals surface area contributed by atoms with Gasteiger partial charge in [0.15, 0.2) is 23.0 Å². The Morgan fingerprint density at radius 3 is 1.63 bits per heavy atom. The molecule has 4 aliphatic rings. The van der Waals surface area contributed by atoms with Gasteiger partial charge in [0, 0.05) is 27.9 Å². The van der Waals surface area contributed by atoms with Crippen LogP contribution >= 0.6 is 0 Å². The molecule has 4 heterocycles. The van der Waals surface area contributed by atoms with Crippen molar-refractivity contribution >= 4 is 29.1 Å². The number of aryl methyl sites for hydroxylation is 1. The molecule has 0 bridgehead atoms. The highest BCUT2D eigenvalue weighted by atomic mass is 16.6. The summed E-state index contributed by atoms with van der Waals surface area (Å²) in [5.41, 5.74) is 17.1. The molecule has 5 aromatic carbocycles. The third kappa shape index (κ3) is 3.62. The van der Waals surface area contributed by atoms with Crippen molar-refractivity contribution in [1.29, 1.82) is 0 Å². The lowest BCUT2D eigenvalue weighted by atomic mass is 9.41. The van der Waals surface area contributed by atoms with E-state index >= 15 is 0 Å². The third-order valence-electron chi connectivity index (χ3n) is 10.8. The van der Waals surface area contributed by atoms with Crippen LogP contribution in [0.3, 0.4) is 0 Å². The first-order chi connectivity index (χ1) is 21.7. The molecular weight excluding hydrogens is 561 g/mol. The van der Waals surface area contributed by atoms with E-state index in [1.54, 1.807) is 0 Å². The summed E-state index contributed by atoms with van der Waals surface area (Å²) in [5.74, 6) is 3.05. The predicted octanol–water partition coefficient (Wildman–Crippen LogP) is 10.0. The molecule has 9 rings (SSSR count). The molecule has 0 aliphatic carbocycles. The van der Waals surface area contributed by atoms with Gasteiger partial charge in [0.1, 0.15) is 0 Å². The number of para-hydroxylation sites is 2. The Morgan fingerprint density at radius 2 is 1.09 bits per heavy atom. The second-order valence-corrected chi connectivity index (χ2v) is 16.4. The number of rotatable bonds is 0. The molecule has 4 aliphatic heterocycles. The topological polar surface area (TPSA) is 21.7 Å². The van der Waals surface area contributed by atoms with E-state index in [1.807, 2.05) is 24.3 Å². The Kier molecular flexibility index (Phi) is 5.25. The smallest absolute Gasteiger partial charge is 0.329 e. The molecule has 5 aromatic rings. The van der Waals surface area contributed by atoms with Gasteiger partial charge in [0.2, 0.25) is 0 Å². The fourth-order valence-electron chi connectivity index (χ4n) is 8.17. The molecule has 0 spiro atoms. The maximum Gasteiger partial charge on any atom is 0.329 e. The number of nitrogens with zero attached hydrogens (tertiary/aromatic N) is 1. The van der Waals surface area contributed by atoms with Crippen LogP contribution in [0.4, 0.5) is 11.4 Å². The minimum Gasteiger partial charge on any atom is -0.450 e. The van der Waals surface area contributed by atoms with Crippen LogP contribution in [0.1, 0.15) is 83.2 Å². The zero-order valence-corrected chi connectivity index (χ0v) is 28.3. The molecule has 0 unspecified atom stereocenters. The fourth-order valence-corrected chi connectivity index (χ4v) is 8.17. The van der Waals surface area contributed by atoms with E-state index in [1.165, 1.54) is 72.4 Å². The number of benzene rings is 5. The molecule has 0 fully saturated rings. The SMILES string of the molecule is Cc1ccc2c(c1)-c1cc(C(C)(C)C)cc3c1N1B2c2cc4c(cc2-c2cc(C(C)(C)C)cc(c21)C3(C)C)Oc1ccccc1O4. The molecule has 0 radical (unpaired) electrons. The lowest BCUT2D eigenvalue weighted by Crippen LogP contribution is -2.61. The summed E-state index contributed by atoms with van der Waals surface area (Å²) in [4.78, 5) is 2.68. The van der Waals surface area contributed by atoms with Crippen LogP contribution in [0, 0.1) is 6.92 Å². The summed E-state index contributed by atoms with van der Waals surface area (Å²) in [7, 11) is 0. The molecule has 0 amide bonds. The zero-order valence-electron chi connectivity index (χ0n) is 28.3. The van der Waals surface area contributed by atoms with Crippen molar-refractivity contribution in [3.63, 3.8) is 0 Å². The Hall–Kier alpha value is -4.44. The number of hydrogen-bond acceptors (Lipinski definition) is 3. The van der Waals surface area contributed by atoms with E-state index in [9.17, 15) is 0 Å². The number of ether oxygens (including phenoxy) is 2. The Morgan fingerprint density at radius 1 is 0.565 bits per heavy atom. The van der Waals surface area contributed by atoms with Gasteiger partial charge >= 0.3 is 6.85 Å². The van der Waals surface area contributed by atoms with Gasteiger partial charge in [-0.2, -0.15) is 0 Å². The minimum absolute atomic E-state index is 0.00578. The highest BCUT2D eigenvalue weighted by Gasteiger charge is 2.51. The zero-order chi connectivity index (χ0) is 32.1. The molecule has 4 heteroatoms. The maximum atomic E-state index is 6.54. The quantitative estimate of drug-likeness (QED) is 0.162. The highest BCUT2D eigenvalue weighted by Crippen LogP contribution is 2.60. The van der Waals surface area contributed by atoms with Crippen LogP contribution in [-0.2, 0) is 16.2 Å². The van der Waals surface area contributed by atoms with Crippen LogP contribution in [0.5, 0.6) is 23.0 Å². The van der Waals surface area contributed by atoms with Gasteiger partial charge in [0.25, 0.3) is 0 Å². The van der Waals surface area contributed by atoms with Crippen molar-refractivity contribution in [3.05, 3.63) is 107 Å². The van der Waals surface area contributed by atoms with Crippen LogP contribution in [0.15, 0.2) is 78.9 Å². The fraction of sp³-hybridized carbons (Fsp3) is 0.286. The van der Waals surface area contributed by atoms with Gasteiger partial charge in [-0.25, -0.2) is 0 Å². The summed E-state index contributed by atoms with van der Waals surface area (Å²) in [6.45, 7) is 21.1. The van der Waals surface area contributed by atoms with Gasteiger partial charge in [0.05, 0.1) is 0 Å². The van der Waals surface area contributed by atoms with E-state index in [2.05, 4.69) is 122 Å². The van der Waals surface area contributed by atoms with E-state index in [4.69, 9.17) is 9.47 Å².